The lowest BCUT2D eigenvalue weighted by Gasteiger charge is -2.38. The van der Waals surface area contributed by atoms with Gasteiger partial charge < -0.3 is 39.2 Å². The molecule has 13 nitrogen and oxygen atoms in total. The van der Waals surface area contributed by atoms with E-state index in [1.807, 2.05) is 0 Å². The molecule has 1 saturated heterocycles. The fourth-order valence-electron chi connectivity index (χ4n) is 6.47. The molecular formula is C30H30ClNO12S. The van der Waals surface area contributed by atoms with Gasteiger partial charge in [-0.15, -0.1) is 0 Å². The molecule has 0 aromatic heterocycles. The molecule has 3 aliphatic heterocycles. The molecule has 0 bridgehead atoms. The Balaban J connectivity index is 1.46. The Morgan fingerprint density at radius 2 is 1.84 bits per heavy atom. The lowest BCUT2D eigenvalue weighted by Crippen LogP contribution is -2.53. The van der Waals surface area contributed by atoms with E-state index in [1.54, 1.807) is 25.1 Å². The number of rotatable bonds is 7. The van der Waals surface area contributed by atoms with Crippen molar-refractivity contribution in [3.63, 3.8) is 0 Å². The van der Waals surface area contributed by atoms with Crippen LogP contribution < -0.4 is 29.0 Å². The Labute approximate surface area is 262 Å². The summed E-state index contributed by atoms with van der Waals surface area (Å²) in [6.45, 7) is 1.54. The first kappa shape index (κ1) is 31.0. The van der Waals surface area contributed by atoms with Gasteiger partial charge in [-0.1, -0.05) is 24.6 Å². The molecule has 15 heteroatoms. The quantitative estimate of drug-likeness (QED) is 0.393. The Hall–Kier alpha value is -4.01. The van der Waals surface area contributed by atoms with Crippen molar-refractivity contribution in [2.24, 2.45) is 5.92 Å². The highest BCUT2D eigenvalue weighted by molar-refractivity contribution is 7.91. The topological polar surface area (TPSA) is 184 Å². The van der Waals surface area contributed by atoms with E-state index in [9.17, 15) is 33.0 Å². The van der Waals surface area contributed by atoms with Crippen LogP contribution in [0.2, 0.25) is 5.02 Å². The predicted octanol–water partition coefficient (Wildman–Crippen LogP) is 2.27. The largest absolute Gasteiger partial charge is 0.507 e. The normalized spacial score (nSPS) is 26.9. The molecule has 1 aliphatic carbocycles. The molecule has 0 radical (unpaired) electrons. The van der Waals surface area contributed by atoms with E-state index < -0.39 is 80.6 Å². The maximum atomic E-state index is 14.2. The summed E-state index contributed by atoms with van der Waals surface area (Å²) in [5, 5.41) is 24.8. The van der Waals surface area contributed by atoms with Gasteiger partial charge in [0.15, 0.2) is 38.6 Å². The molecule has 5 unspecified atom stereocenters. The van der Waals surface area contributed by atoms with E-state index in [0.717, 1.165) is 0 Å². The number of aliphatic hydroxyl groups excluding tert-OH is 2. The van der Waals surface area contributed by atoms with Crippen molar-refractivity contribution in [3.05, 3.63) is 51.7 Å². The molecular weight excluding hydrogens is 634 g/mol. The molecule has 2 aromatic carbocycles. The van der Waals surface area contributed by atoms with Crippen molar-refractivity contribution in [1.82, 2.24) is 5.32 Å². The summed E-state index contributed by atoms with van der Waals surface area (Å²) in [6.07, 6.45) is -2.01. The second-order valence-electron chi connectivity index (χ2n) is 11.4. The van der Waals surface area contributed by atoms with Gasteiger partial charge in [-0.3, -0.25) is 14.4 Å². The van der Waals surface area contributed by atoms with Gasteiger partial charge in [0.2, 0.25) is 24.1 Å². The molecule has 5 atom stereocenters. The number of carbonyl (C=O) groups excluding carboxylic acids is 3. The van der Waals surface area contributed by atoms with Crippen LogP contribution in [-0.4, -0.2) is 86.4 Å². The summed E-state index contributed by atoms with van der Waals surface area (Å²) in [7, 11) is -0.849. The highest BCUT2D eigenvalue weighted by atomic mass is 35.5. The Kier molecular flexibility index (Phi) is 7.65. The van der Waals surface area contributed by atoms with Crippen LogP contribution in [0.4, 0.5) is 0 Å². The number of allylic oxidation sites excluding steroid dienone is 1. The first-order valence-corrected chi connectivity index (χ1v) is 16.2. The molecule has 6 rings (SSSR count). The number of nitrogens with one attached hydrogen (secondary N) is 1. The zero-order valence-corrected chi connectivity index (χ0v) is 26.0. The first-order valence-electron chi connectivity index (χ1n) is 14.0. The number of hydrogen-bond donors (Lipinski definition) is 3. The first-order chi connectivity index (χ1) is 21.3. The fraction of sp³-hybridized carbons (Fsp3) is 0.433. The van der Waals surface area contributed by atoms with Gasteiger partial charge in [0.05, 0.1) is 37.9 Å². The minimum atomic E-state index is -3.57. The zero-order valence-electron chi connectivity index (χ0n) is 24.4. The summed E-state index contributed by atoms with van der Waals surface area (Å²) in [6, 6.07) is 5.09. The number of aliphatic hydroxyl groups is 2. The SMILES string of the molecule is COc1cc(OC)c2c(c1Cl)OC1(C2=O)C(O)=C(C(CC(=O)NC2CS(=O)(=O)CC2O)c2ccc3c(c2)OCO3)C(=O)CC1C. The number of Topliss-reactive ketones (excluding diaryl/α,β-unsaturated/α-hetero) is 2. The van der Waals surface area contributed by atoms with Gasteiger partial charge >= 0.3 is 0 Å². The molecule has 3 heterocycles. The van der Waals surface area contributed by atoms with Crippen molar-refractivity contribution in [2.75, 3.05) is 32.5 Å². The van der Waals surface area contributed by atoms with Crippen LogP contribution in [0.1, 0.15) is 41.6 Å². The number of benzene rings is 2. The third-order valence-corrected chi connectivity index (χ3v) is 10.8. The monoisotopic (exact) mass is 663 g/mol. The van der Waals surface area contributed by atoms with Crippen molar-refractivity contribution in [2.45, 2.75) is 43.4 Å². The second-order valence-corrected chi connectivity index (χ2v) is 14.0. The average molecular weight is 664 g/mol. The molecule has 4 aliphatic rings. The summed E-state index contributed by atoms with van der Waals surface area (Å²) in [5.41, 5.74) is -2.00. The van der Waals surface area contributed by atoms with E-state index in [1.165, 1.54) is 20.3 Å². The number of amides is 1. The number of ether oxygens (including phenoxy) is 5. The number of carbonyl (C=O) groups is 3. The van der Waals surface area contributed by atoms with Crippen LogP contribution in [-0.2, 0) is 19.4 Å². The number of sulfone groups is 1. The van der Waals surface area contributed by atoms with Gasteiger partial charge in [-0.05, 0) is 17.7 Å². The van der Waals surface area contributed by atoms with Crippen LogP contribution in [0.5, 0.6) is 28.7 Å². The van der Waals surface area contributed by atoms with Gasteiger partial charge in [-0.25, -0.2) is 8.42 Å². The average Bonchev–Trinajstić information content (AvgIpc) is 3.65. The number of ketones is 2. The van der Waals surface area contributed by atoms with Gasteiger partial charge in [0.1, 0.15) is 22.1 Å². The van der Waals surface area contributed by atoms with Crippen molar-refractivity contribution in [1.29, 1.82) is 0 Å². The Bertz CT molecular complexity index is 1770. The maximum absolute atomic E-state index is 14.2. The summed E-state index contributed by atoms with van der Waals surface area (Å²) < 4.78 is 51.9. The van der Waals surface area contributed by atoms with Gasteiger partial charge in [0.25, 0.3) is 0 Å². The number of hydrogen-bond acceptors (Lipinski definition) is 12. The molecule has 1 fully saturated rings. The van der Waals surface area contributed by atoms with Crippen LogP contribution in [0.25, 0.3) is 0 Å². The fourth-order valence-corrected chi connectivity index (χ4v) is 8.48. The lowest BCUT2D eigenvalue weighted by atomic mass is 9.69. The van der Waals surface area contributed by atoms with Crippen molar-refractivity contribution >= 4 is 38.9 Å². The predicted molar refractivity (Wildman–Crippen MR) is 157 cm³/mol. The summed E-state index contributed by atoms with van der Waals surface area (Å²) >= 11 is 6.54. The molecule has 2 aromatic rings. The highest BCUT2D eigenvalue weighted by Gasteiger charge is 2.61. The van der Waals surface area contributed by atoms with Crippen LogP contribution >= 0.6 is 11.6 Å². The van der Waals surface area contributed by atoms with Gasteiger partial charge in [-0.2, -0.15) is 0 Å². The standard InChI is InChI=1S/C30H30ClNO12S/c1-13-6-17(33)24(28(36)30(13)29(37)25-21(40-2)9-22(41-3)26(31)27(25)44-30)15(14-4-5-19-20(7-14)43-12-42-19)8-23(35)32-16-10-45(38,39)11-18(16)34/h4-5,7,9,13,15-16,18,34,36H,6,8,10-12H2,1-3H3,(H,32,35). The smallest absolute Gasteiger partial charge is 0.231 e. The summed E-state index contributed by atoms with van der Waals surface area (Å²) in [4.78, 5) is 41.4. The third kappa shape index (κ3) is 4.95. The van der Waals surface area contributed by atoms with Crippen molar-refractivity contribution in [3.8, 4) is 28.7 Å². The van der Waals surface area contributed by atoms with Crippen LogP contribution in [0, 0.1) is 5.92 Å². The molecule has 240 valence electrons. The van der Waals surface area contributed by atoms with Crippen LogP contribution in [0.15, 0.2) is 35.6 Å². The third-order valence-electron chi connectivity index (χ3n) is 8.72. The Morgan fingerprint density at radius 1 is 1.13 bits per heavy atom. The van der Waals surface area contributed by atoms with Crippen molar-refractivity contribution < 1.29 is 56.7 Å². The molecule has 0 saturated carbocycles. The van der Waals surface area contributed by atoms with E-state index in [-0.39, 0.29) is 46.6 Å². The summed E-state index contributed by atoms with van der Waals surface area (Å²) in [5.74, 6) is -4.66. The maximum Gasteiger partial charge on any atom is 0.231 e. The molecule has 1 spiro atoms. The Morgan fingerprint density at radius 3 is 2.51 bits per heavy atom. The number of halogens is 1. The number of methoxy groups -OCH3 is 2. The molecule has 1 amide bonds. The van der Waals surface area contributed by atoms with E-state index in [4.69, 9.17) is 35.3 Å². The lowest BCUT2D eigenvalue weighted by molar-refractivity contribution is -0.122. The molecule has 3 N–H and O–H groups in total. The van der Waals surface area contributed by atoms with E-state index in [0.29, 0.717) is 17.1 Å². The van der Waals surface area contributed by atoms with E-state index >= 15 is 0 Å². The minimum absolute atomic E-state index is 0.0336. The van der Waals surface area contributed by atoms with Crippen LogP contribution in [0.3, 0.4) is 0 Å². The minimum Gasteiger partial charge on any atom is -0.507 e. The number of fused-ring (bicyclic) bond motifs is 2. The zero-order chi connectivity index (χ0) is 32.4. The molecule has 45 heavy (non-hydrogen) atoms. The van der Waals surface area contributed by atoms with Gasteiger partial charge in [0, 0.05) is 36.3 Å². The second kappa shape index (κ2) is 11.1. The van der Waals surface area contributed by atoms with E-state index in [2.05, 4.69) is 5.32 Å². The highest BCUT2D eigenvalue weighted by Crippen LogP contribution is 2.56.